The van der Waals surface area contributed by atoms with Crippen molar-refractivity contribution in [3.63, 3.8) is 0 Å². The van der Waals surface area contributed by atoms with Crippen molar-refractivity contribution in [2.45, 2.75) is 166 Å². The number of hydrogen-bond donors (Lipinski definition) is 1. The highest BCUT2D eigenvalue weighted by Crippen LogP contribution is 2.35. The summed E-state index contributed by atoms with van der Waals surface area (Å²) in [5.74, 6) is 1.12. The van der Waals surface area contributed by atoms with E-state index in [0.717, 1.165) is 23.5 Å². The van der Waals surface area contributed by atoms with Gasteiger partial charge >= 0.3 is 0 Å². The van der Waals surface area contributed by atoms with E-state index in [0.29, 0.717) is 5.56 Å². The van der Waals surface area contributed by atoms with Crippen LogP contribution in [0.4, 0.5) is 4.39 Å². The van der Waals surface area contributed by atoms with Gasteiger partial charge in [-0.15, -0.1) is 6.58 Å². The molecule has 0 saturated heterocycles. The van der Waals surface area contributed by atoms with Crippen LogP contribution in [0.2, 0.25) is 0 Å². The standard InChI is InChI=1S/C22H27N.C8H12FN.C6H12.C4H8.3C2H6/c1-4-6-15-22(3,14-5-2)21-12-10-19(11-13-21)20-9-7-8-18(16-20)17-23;1-5-3-7(9)4-8(10)6(5)2;1-6-4-2-3-5-6;1-3-4-2;3*1-2/h7-13,16H,4-6,14-15H2,1-3H3;3-4,6,8H,10H2,1-2H3;6H,2-5H2,1H3;3H,1,4H2,2H3;3*1-2H3. The molecule has 0 bridgehead atoms. The number of halogens is 1. The molecule has 4 rings (SSSR count). The summed E-state index contributed by atoms with van der Waals surface area (Å²) in [6, 6.07) is 18.8. The molecule has 2 aromatic carbocycles. The lowest BCUT2D eigenvalue weighted by Gasteiger charge is -2.30. The maximum absolute atomic E-state index is 12.6. The summed E-state index contributed by atoms with van der Waals surface area (Å²) in [5.41, 5.74) is 11.3. The largest absolute Gasteiger partial charge is 0.324 e. The predicted molar refractivity (Wildman–Crippen MR) is 221 cm³/mol. The Kier molecular flexibility index (Phi) is 33.2. The number of hydrogen-bond acceptors (Lipinski definition) is 2. The topological polar surface area (TPSA) is 49.8 Å². The molecule has 49 heavy (non-hydrogen) atoms. The summed E-state index contributed by atoms with van der Waals surface area (Å²) in [6.45, 7) is 30.7. The number of nitrogens with two attached hydrogens (primary N) is 1. The molecule has 2 N–H and O–H groups in total. The van der Waals surface area contributed by atoms with Gasteiger partial charge in [-0.1, -0.05) is 176 Å². The van der Waals surface area contributed by atoms with Crippen molar-refractivity contribution < 1.29 is 4.39 Å². The van der Waals surface area contributed by atoms with Gasteiger partial charge in [-0.3, -0.25) is 0 Å². The fourth-order valence-electron chi connectivity index (χ4n) is 5.52. The molecule has 0 amide bonds. The highest BCUT2D eigenvalue weighted by molar-refractivity contribution is 5.65. The molecular formula is C46H77FN2. The molecule has 1 fully saturated rings. The van der Waals surface area contributed by atoms with Gasteiger partial charge in [0.2, 0.25) is 0 Å². The minimum Gasteiger partial charge on any atom is -0.324 e. The smallest absolute Gasteiger partial charge is 0.120 e. The zero-order valence-electron chi connectivity index (χ0n) is 34.3. The van der Waals surface area contributed by atoms with Crippen LogP contribution in [-0.4, -0.2) is 6.04 Å². The zero-order chi connectivity index (χ0) is 38.3. The molecule has 2 nitrogen and oxygen atoms in total. The maximum Gasteiger partial charge on any atom is 0.120 e. The van der Waals surface area contributed by atoms with Gasteiger partial charge in [0, 0.05) is 6.04 Å². The summed E-state index contributed by atoms with van der Waals surface area (Å²) in [6.07, 6.45) is 18.1. The Hall–Kier alpha value is -2.96. The molecule has 0 aliphatic heterocycles. The van der Waals surface area contributed by atoms with Gasteiger partial charge in [0.05, 0.1) is 11.6 Å². The molecule has 3 heteroatoms. The van der Waals surface area contributed by atoms with Crippen molar-refractivity contribution in [1.29, 1.82) is 5.26 Å². The molecule has 0 heterocycles. The normalized spacial score (nSPS) is 17.0. The van der Waals surface area contributed by atoms with Crippen molar-refractivity contribution in [2.24, 2.45) is 17.6 Å². The first-order valence-electron chi connectivity index (χ1n) is 19.6. The second-order valence-corrected chi connectivity index (χ2v) is 12.6. The minimum absolute atomic E-state index is 0.148. The molecule has 0 radical (unpaired) electrons. The lowest BCUT2D eigenvalue weighted by molar-refractivity contribution is 0.383. The first kappa shape index (κ1) is 50.4. The van der Waals surface area contributed by atoms with Crippen LogP contribution < -0.4 is 5.73 Å². The second kappa shape index (κ2) is 32.3. The van der Waals surface area contributed by atoms with Crippen molar-refractivity contribution in [3.05, 3.63) is 95.9 Å². The Morgan fingerprint density at radius 2 is 1.45 bits per heavy atom. The first-order valence-corrected chi connectivity index (χ1v) is 19.6. The van der Waals surface area contributed by atoms with Gasteiger partial charge in [0.1, 0.15) is 5.83 Å². The van der Waals surface area contributed by atoms with E-state index in [2.05, 4.69) is 77.6 Å². The van der Waals surface area contributed by atoms with Crippen molar-refractivity contribution in [2.75, 3.05) is 0 Å². The highest BCUT2D eigenvalue weighted by atomic mass is 19.1. The molecule has 0 aromatic heterocycles. The second-order valence-electron chi connectivity index (χ2n) is 12.6. The maximum atomic E-state index is 12.6. The summed E-state index contributed by atoms with van der Waals surface area (Å²) < 4.78 is 12.6. The van der Waals surface area contributed by atoms with Crippen LogP contribution in [0.25, 0.3) is 11.1 Å². The van der Waals surface area contributed by atoms with Crippen molar-refractivity contribution in [1.82, 2.24) is 0 Å². The van der Waals surface area contributed by atoms with Crippen molar-refractivity contribution >= 4 is 0 Å². The average Bonchev–Trinajstić information content (AvgIpc) is 3.63. The molecule has 3 atom stereocenters. The Morgan fingerprint density at radius 3 is 1.86 bits per heavy atom. The zero-order valence-corrected chi connectivity index (χ0v) is 34.3. The summed E-state index contributed by atoms with van der Waals surface area (Å²) >= 11 is 0. The van der Waals surface area contributed by atoms with Gasteiger partial charge in [0.25, 0.3) is 0 Å². The molecule has 3 unspecified atom stereocenters. The van der Waals surface area contributed by atoms with Crippen LogP contribution in [0, 0.1) is 23.2 Å². The fraction of sp³-hybridized carbons (Fsp3) is 0.587. The number of unbranched alkanes of at least 4 members (excludes halogenated alkanes) is 1. The lowest BCUT2D eigenvalue weighted by atomic mass is 9.74. The van der Waals surface area contributed by atoms with E-state index in [4.69, 9.17) is 11.0 Å². The van der Waals surface area contributed by atoms with E-state index in [1.807, 2.05) is 79.7 Å². The molecule has 2 aromatic rings. The van der Waals surface area contributed by atoms with E-state index in [-0.39, 0.29) is 23.2 Å². The number of nitriles is 1. The van der Waals surface area contributed by atoms with Crippen LogP contribution in [0.1, 0.15) is 165 Å². The molecular weight excluding hydrogens is 600 g/mol. The third-order valence-electron chi connectivity index (χ3n) is 8.74. The van der Waals surface area contributed by atoms with Gasteiger partial charge in [-0.2, -0.15) is 5.26 Å². The number of rotatable bonds is 8. The van der Waals surface area contributed by atoms with E-state index in [1.54, 1.807) is 0 Å². The Balaban J connectivity index is -0.000000667. The molecule has 1 saturated carbocycles. The first-order chi connectivity index (χ1) is 23.5. The lowest BCUT2D eigenvalue weighted by Crippen LogP contribution is -2.28. The van der Waals surface area contributed by atoms with E-state index < -0.39 is 0 Å². The highest BCUT2D eigenvalue weighted by Gasteiger charge is 2.25. The predicted octanol–water partition coefficient (Wildman–Crippen LogP) is 15.1. The summed E-state index contributed by atoms with van der Waals surface area (Å²) in [5, 5.41) is 9.05. The summed E-state index contributed by atoms with van der Waals surface area (Å²) in [7, 11) is 0. The number of benzene rings is 2. The molecule has 0 spiro atoms. The SMILES string of the molecule is C=CCC.CC.CC.CC.CC1=CC(F)=CC(N)C1C.CC1CCCC1.CCCCC(C)(CCC)c1ccc(-c2cccc(C#N)c2)cc1. The molecule has 2 aliphatic carbocycles. The van der Waals surface area contributed by atoms with Gasteiger partial charge < -0.3 is 5.73 Å². The van der Waals surface area contributed by atoms with Crippen molar-refractivity contribution in [3.8, 4) is 17.2 Å². The van der Waals surface area contributed by atoms with Gasteiger partial charge in [-0.25, -0.2) is 4.39 Å². The fourth-order valence-corrected chi connectivity index (χ4v) is 5.52. The summed E-state index contributed by atoms with van der Waals surface area (Å²) in [4.78, 5) is 0. The number of nitrogens with zero attached hydrogens (tertiary/aromatic N) is 1. The average molecular weight is 677 g/mol. The van der Waals surface area contributed by atoms with E-state index in [9.17, 15) is 4.39 Å². The minimum atomic E-state index is -0.205. The molecule has 2 aliphatic rings. The quantitative estimate of drug-likeness (QED) is 0.283. The monoisotopic (exact) mass is 677 g/mol. The van der Waals surface area contributed by atoms with E-state index in [1.165, 1.54) is 81.1 Å². The third-order valence-corrected chi connectivity index (χ3v) is 8.74. The van der Waals surface area contributed by atoms with Gasteiger partial charge in [0.15, 0.2) is 0 Å². The van der Waals surface area contributed by atoms with Crippen LogP contribution in [-0.2, 0) is 5.41 Å². The van der Waals surface area contributed by atoms with Gasteiger partial charge in [-0.05, 0) is 84.4 Å². The number of allylic oxidation sites excluding steroid dienone is 3. The third kappa shape index (κ3) is 21.7. The van der Waals surface area contributed by atoms with E-state index >= 15 is 0 Å². The Bertz CT molecular complexity index is 1160. The Labute approximate surface area is 305 Å². The van der Waals surface area contributed by atoms with Crippen LogP contribution >= 0.6 is 0 Å². The molecule has 278 valence electrons. The Morgan fingerprint density at radius 1 is 0.898 bits per heavy atom. The van der Waals surface area contributed by atoms with Crippen LogP contribution in [0.5, 0.6) is 0 Å². The van der Waals surface area contributed by atoms with Crippen LogP contribution in [0.15, 0.2) is 84.7 Å². The van der Waals surface area contributed by atoms with Crippen LogP contribution in [0.3, 0.4) is 0 Å².